The Morgan fingerprint density at radius 1 is 1.24 bits per heavy atom. The van der Waals surface area contributed by atoms with Gasteiger partial charge in [-0.2, -0.15) is 0 Å². The molecule has 2 aromatic heterocycles. The third kappa shape index (κ3) is 1.95. The second-order valence-electron chi connectivity index (χ2n) is 4.10. The predicted octanol–water partition coefficient (Wildman–Crippen LogP) is 1.93. The molecule has 0 aliphatic carbocycles. The van der Waals surface area contributed by atoms with E-state index in [1.807, 2.05) is 6.92 Å². The van der Waals surface area contributed by atoms with Crippen LogP contribution in [0.25, 0.3) is 11.7 Å². The van der Waals surface area contributed by atoms with Gasteiger partial charge in [-0.3, -0.25) is 0 Å². The summed E-state index contributed by atoms with van der Waals surface area (Å²) in [6.07, 6.45) is 3.23. The van der Waals surface area contributed by atoms with Crippen LogP contribution in [0.3, 0.4) is 0 Å². The average Bonchev–Trinajstić information content (AvgIpc) is 2.98. The first-order valence-electron chi connectivity index (χ1n) is 5.66. The van der Waals surface area contributed by atoms with E-state index in [9.17, 15) is 0 Å². The molecule has 0 N–H and O–H groups in total. The van der Waals surface area contributed by atoms with E-state index in [0.29, 0.717) is 23.5 Å². The van der Waals surface area contributed by atoms with E-state index in [2.05, 4.69) is 15.2 Å². The topological polar surface area (TPSA) is 74.2 Å². The summed E-state index contributed by atoms with van der Waals surface area (Å²) in [4.78, 5) is 4.00. The number of aryl methyl sites for hydroxylation is 1. The lowest BCUT2D eigenvalue weighted by molar-refractivity contribution is 0.0795. The van der Waals surface area contributed by atoms with Crippen molar-refractivity contribution in [3.05, 3.63) is 18.0 Å². The lowest BCUT2D eigenvalue weighted by Gasteiger charge is -2.18. The number of oxazole rings is 1. The molecule has 3 heterocycles. The summed E-state index contributed by atoms with van der Waals surface area (Å²) in [5.41, 5.74) is 0.757. The van der Waals surface area contributed by atoms with Crippen molar-refractivity contribution in [2.24, 2.45) is 0 Å². The molecule has 6 nitrogen and oxygen atoms in total. The van der Waals surface area contributed by atoms with Crippen molar-refractivity contribution < 1.29 is 13.6 Å². The zero-order chi connectivity index (χ0) is 11.7. The van der Waals surface area contributed by atoms with Gasteiger partial charge in [-0.1, -0.05) is 0 Å². The normalized spacial score (nSPS) is 17.5. The Balaban J connectivity index is 1.85. The molecule has 1 aliphatic rings. The van der Waals surface area contributed by atoms with Crippen molar-refractivity contribution in [1.82, 2.24) is 15.2 Å². The molecular weight excluding hydrogens is 222 g/mol. The van der Waals surface area contributed by atoms with Crippen LogP contribution in [-0.2, 0) is 4.74 Å². The highest BCUT2D eigenvalue weighted by Gasteiger charge is 2.23. The Labute approximate surface area is 98.0 Å². The first-order chi connectivity index (χ1) is 8.34. The molecule has 0 radical (unpaired) electrons. The minimum absolute atomic E-state index is 0.299. The van der Waals surface area contributed by atoms with Gasteiger partial charge in [-0.15, -0.1) is 10.2 Å². The van der Waals surface area contributed by atoms with E-state index in [4.69, 9.17) is 13.6 Å². The quantitative estimate of drug-likeness (QED) is 0.791. The first kappa shape index (κ1) is 10.5. The van der Waals surface area contributed by atoms with Crippen molar-refractivity contribution in [2.45, 2.75) is 25.7 Å². The maximum Gasteiger partial charge on any atom is 0.285 e. The molecule has 0 unspecified atom stereocenters. The summed E-state index contributed by atoms with van der Waals surface area (Å²) in [5.74, 6) is 1.92. The molecule has 1 fully saturated rings. The molecule has 90 valence electrons. The minimum Gasteiger partial charge on any atom is -0.438 e. The summed E-state index contributed by atoms with van der Waals surface area (Å²) >= 11 is 0. The number of rotatable bonds is 2. The Morgan fingerprint density at radius 2 is 2.06 bits per heavy atom. The number of nitrogens with zero attached hydrogens (tertiary/aromatic N) is 3. The highest BCUT2D eigenvalue weighted by Crippen LogP contribution is 2.29. The number of ether oxygens (including phenoxy) is 1. The zero-order valence-electron chi connectivity index (χ0n) is 9.55. The van der Waals surface area contributed by atoms with Crippen LogP contribution in [0.5, 0.6) is 0 Å². The molecule has 1 saturated heterocycles. The fourth-order valence-electron chi connectivity index (χ4n) is 1.94. The molecule has 0 aromatic carbocycles. The number of hydrogen-bond donors (Lipinski definition) is 0. The average molecular weight is 235 g/mol. The molecule has 2 aromatic rings. The summed E-state index contributed by atoms with van der Waals surface area (Å²) in [6, 6.07) is 0. The minimum atomic E-state index is 0.299. The van der Waals surface area contributed by atoms with Crippen LogP contribution in [0, 0.1) is 6.92 Å². The molecule has 0 saturated carbocycles. The van der Waals surface area contributed by atoms with Crippen LogP contribution in [0.1, 0.15) is 30.3 Å². The van der Waals surface area contributed by atoms with E-state index < -0.39 is 0 Å². The largest absolute Gasteiger partial charge is 0.438 e. The second-order valence-corrected chi connectivity index (χ2v) is 4.10. The summed E-state index contributed by atoms with van der Waals surface area (Å²) < 4.78 is 16.2. The first-order valence-corrected chi connectivity index (χ1v) is 5.66. The maximum absolute atomic E-state index is 5.64. The van der Waals surface area contributed by atoms with Crippen LogP contribution in [-0.4, -0.2) is 28.4 Å². The summed E-state index contributed by atoms with van der Waals surface area (Å²) in [6.45, 7) is 3.35. The number of aromatic nitrogens is 3. The molecule has 0 amide bonds. The van der Waals surface area contributed by atoms with Gasteiger partial charge in [0, 0.05) is 19.1 Å². The SMILES string of the molecule is Cc1ncoc1-c1nnc(C2CCOCC2)o1. The van der Waals surface area contributed by atoms with Gasteiger partial charge < -0.3 is 13.6 Å². The zero-order valence-corrected chi connectivity index (χ0v) is 9.55. The van der Waals surface area contributed by atoms with Crippen LogP contribution < -0.4 is 0 Å². The van der Waals surface area contributed by atoms with Gasteiger partial charge in [0.15, 0.2) is 6.39 Å². The van der Waals surface area contributed by atoms with E-state index >= 15 is 0 Å². The highest BCUT2D eigenvalue weighted by atomic mass is 16.5. The van der Waals surface area contributed by atoms with Gasteiger partial charge in [-0.05, 0) is 19.8 Å². The Morgan fingerprint density at radius 3 is 2.76 bits per heavy atom. The molecule has 17 heavy (non-hydrogen) atoms. The van der Waals surface area contributed by atoms with Gasteiger partial charge in [-0.25, -0.2) is 4.98 Å². The number of hydrogen-bond acceptors (Lipinski definition) is 6. The predicted molar refractivity (Wildman–Crippen MR) is 57.3 cm³/mol. The lowest BCUT2D eigenvalue weighted by Crippen LogP contribution is -2.14. The monoisotopic (exact) mass is 235 g/mol. The van der Waals surface area contributed by atoms with Gasteiger partial charge in [0.05, 0.1) is 5.69 Å². The van der Waals surface area contributed by atoms with Gasteiger partial charge in [0.1, 0.15) is 0 Å². The van der Waals surface area contributed by atoms with E-state index in [-0.39, 0.29) is 0 Å². The van der Waals surface area contributed by atoms with Gasteiger partial charge in [0.25, 0.3) is 5.89 Å². The maximum atomic E-state index is 5.64. The molecule has 3 rings (SSSR count). The van der Waals surface area contributed by atoms with Crippen molar-refractivity contribution >= 4 is 0 Å². The van der Waals surface area contributed by atoms with Crippen molar-refractivity contribution in [3.63, 3.8) is 0 Å². The lowest BCUT2D eigenvalue weighted by atomic mass is 10.0. The van der Waals surface area contributed by atoms with Crippen LogP contribution in [0.4, 0.5) is 0 Å². The van der Waals surface area contributed by atoms with Crippen molar-refractivity contribution in [2.75, 3.05) is 13.2 Å². The summed E-state index contributed by atoms with van der Waals surface area (Å²) in [5, 5.41) is 8.08. The molecule has 0 bridgehead atoms. The fraction of sp³-hybridized carbons (Fsp3) is 0.545. The van der Waals surface area contributed by atoms with E-state index in [0.717, 1.165) is 31.7 Å². The Bertz CT molecular complexity index is 500. The van der Waals surface area contributed by atoms with Gasteiger partial charge >= 0.3 is 0 Å². The Kier molecular flexibility index (Phi) is 2.64. The molecule has 0 spiro atoms. The van der Waals surface area contributed by atoms with Crippen LogP contribution in [0.15, 0.2) is 15.2 Å². The standard InChI is InChI=1S/C11H13N3O3/c1-7-9(16-6-12-7)11-14-13-10(17-11)8-2-4-15-5-3-8/h6,8H,2-5H2,1H3. The van der Waals surface area contributed by atoms with Crippen molar-refractivity contribution in [3.8, 4) is 11.7 Å². The Hall–Kier alpha value is -1.69. The van der Waals surface area contributed by atoms with Gasteiger partial charge in [0.2, 0.25) is 11.7 Å². The molecule has 1 aliphatic heterocycles. The summed E-state index contributed by atoms with van der Waals surface area (Å²) in [7, 11) is 0. The fourth-order valence-corrected chi connectivity index (χ4v) is 1.94. The highest BCUT2D eigenvalue weighted by molar-refractivity contribution is 5.46. The molecular formula is C11H13N3O3. The van der Waals surface area contributed by atoms with Crippen LogP contribution in [0.2, 0.25) is 0 Å². The third-order valence-corrected chi connectivity index (χ3v) is 2.95. The van der Waals surface area contributed by atoms with E-state index in [1.165, 1.54) is 6.39 Å². The van der Waals surface area contributed by atoms with Crippen molar-refractivity contribution in [1.29, 1.82) is 0 Å². The van der Waals surface area contributed by atoms with E-state index in [1.54, 1.807) is 0 Å². The second kappa shape index (κ2) is 4.29. The smallest absolute Gasteiger partial charge is 0.285 e. The third-order valence-electron chi connectivity index (χ3n) is 2.95. The van der Waals surface area contributed by atoms with Crippen LogP contribution >= 0.6 is 0 Å². The molecule has 0 atom stereocenters. The molecule has 6 heteroatoms.